The van der Waals surface area contributed by atoms with Gasteiger partial charge in [-0.15, -0.1) is 0 Å². The van der Waals surface area contributed by atoms with Crippen molar-refractivity contribution in [1.29, 1.82) is 0 Å². The first kappa shape index (κ1) is 25.4. The highest BCUT2D eigenvalue weighted by Gasteiger charge is 2.38. The standard InChI is InChI=1S/C24H26N2O6S2/c1-17-5-13-23(14-6-17)33(29,30)19(3)25(21-9-11-22(12-10-21)26(27)28)20(4)34(31,32)24-15-7-18(2)8-16-24/h5-16,19-20H,1-4H3. The van der Waals surface area contributed by atoms with Gasteiger partial charge in [-0.2, -0.15) is 0 Å². The fourth-order valence-electron chi connectivity index (χ4n) is 3.61. The van der Waals surface area contributed by atoms with Crippen LogP contribution in [0.1, 0.15) is 25.0 Å². The molecule has 0 aliphatic carbocycles. The van der Waals surface area contributed by atoms with Gasteiger partial charge in [0, 0.05) is 17.8 Å². The number of sulfone groups is 2. The second-order valence-electron chi connectivity index (χ2n) is 8.10. The highest BCUT2D eigenvalue weighted by molar-refractivity contribution is 7.93. The van der Waals surface area contributed by atoms with Crippen LogP contribution < -0.4 is 4.90 Å². The number of anilines is 1. The number of benzene rings is 3. The van der Waals surface area contributed by atoms with Crippen LogP contribution in [-0.2, 0) is 19.7 Å². The molecule has 3 aromatic carbocycles. The maximum absolute atomic E-state index is 13.5. The van der Waals surface area contributed by atoms with Gasteiger partial charge in [0.1, 0.15) is 10.7 Å². The van der Waals surface area contributed by atoms with Gasteiger partial charge in [0.15, 0.2) is 19.7 Å². The van der Waals surface area contributed by atoms with Crippen LogP contribution in [0.2, 0.25) is 0 Å². The Morgan fingerprint density at radius 2 is 1.03 bits per heavy atom. The lowest BCUT2D eigenvalue weighted by atomic mass is 10.2. The van der Waals surface area contributed by atoms with Crippen LogP contribution in [0.25, 0.3) is 0 Å². The average molecular weight is 503 g/mol. The monoisotopic (exact) mass is 502 g/mol. The summed E-state index contributed by atoms with van der Waals surface area (Å²) in [6.45, 7) is 6.49. The summed E-state index contributed by atoms with van der Waals surface area (Å²) in [5.74, 6) is 0. The first-order chi connectivity index (χ1) is 15.9. The summed E-state index contributed by atoms with van der Waals surface area (Å²) in [7, 11) is -7.99. The van der Waals surface area contributed by atoms with Gasteiger partial charge in [-0.1, -0.05) is 35.4 Å². The van der Waals surface area contributed by atoms with Crippen molar-refractivity contribution in [2.45, 2.75) is 48.2 Å². The van der Waals surface area contributed by atoms with Gasteiger partial charge in [0.25, 0.3) is 5.69 Å². The third-order valence-corrected chi connectivity index (χ3v) is 9.85. The van der Waals surface area contributed by atoms with E-state index in [2.05, 4.69) is 0 Å². The fraction of sp³-hybridized carbons (Fsp3) is 0.250. The van der Waals surface area contributed by atoms with Gasteiger partial charge in [0.2, 0.25) is 0 Å². The van der Waals surface area contributed by atoms with Crippen molar-refractivity contribution in [2.75, 3.05) is 4.90 Å². The third-order valence-electron chi connectivity index (χ3n) is 5.74. The summed E-state index contributed by atoms with van der Waals surface area (Å²) in [6.07, 6.45) is 0. The van der Waals surface area contributed by atoms with E-state index in [1.807, 2.05) is 13.8 Å². The number of non-ortho nitro benzene ring substituents is 1. The van der Waals surface area contributed by atoms with Gasteiger partial charge >= 0.3 is 0 Å². The summed E-state index contributed by atoms with van der Waals surface area (Å²) in [4.78, 5) is 11.9. The van der Waals surface area contributed by atoms with E-state index in [0.717, 1.165) is 11.1 Å². The number of aryl methyl sites for hydroxylation is 2. The van der Waals surface area contributed by atoms with Crippen molar-refractivity contribution in [3.8, 4) is 0 Å². The van der Waals surface area contributed by atoms with E-state index >= 15 is 0 Å². The predicted molar refractivity (Wildman–Crippen MR) is 131 cm³/mol. The molecule has 3 rings (SSSR count). The molecule has 0 aromatic heterocycles. The Hall–Kier alpha value is -3.24. The van der Waals surface area contributed by atoms with E-state index in [1.54, 1.807) is 24.3 Å². The van der Waals surface area contributed by atoms with E-state index in [4.69, 9.17) is 0 Å². The summed E-state index contributed by atoms with van der Waals surface area (Å²) < 4.78 is 54.0. The molecule has 2 unspecified atom stereocenters. The Labute approximate surface area is 199 Å². The Morgan fingerprint density at radius 1 is 0.676 bits per heavy atom. The molecule has 0 aliphatic rings. The summed E-state index contributed by atoms with van der Waals surface area (Å²) >= 11 is 0. The van der Waals surface area contributed by atoms with Gasteiger partial charge < -0.3 is 4.90 Å². The SMILES string of the molecule is Cc1ccc(S(=O)(=O)C(C)N(c2ccc([N+](=O)[O-])cc2)C(C)S(=O)(=O)c2ccc(C)cc2)cc1. The minimum Gasteiger partial charge on any atom is -0.338 e. The quantitative estimate of drug-likeness (QED) is 0.325. The Morgan fingerprint density at radius 3 is 1.35 bits per heavy atom. The van der Waals surface area contributed by atoms with E-state index in [9.17, 15) is 26.9 Å². The minimum atomic E-state index is -4.00. The van der Waals surface area contributed by atoms with Crippen LogP contribution in [0.5, 0.6) is 0 Å². The molecule has 0 bridgehead atoms. The van der Waals surface area contributed by atoms with Crippen molar-refractivity contribution < 1.29 is 21.8 Å². The molecule has 0 heterocycles. The topological polar surface area (TPSA) is 115 Å². The molecule has 0 saturated heterocycles. The second-order valence-corrected chi connectivity index (χ2v) is 12.6. The van der Waals surface area contributed by atoms with Crippen LogP contribution in [0.15, 0.2) is 82.6 Å². The number of hydrogen-bond donors (Lipinski definition) is 0. The molecule has 34 heavy (non-hydrogen) atoms. The molecule has 3 aromatic rings. The second kappa shape index (κ2) is 9.55. The molecular weight excluding hydrogens is 476 g/mol. The van der Waals surface area contributed by atoms with Crippen LogP contribution in [0.3, 0.4) is 0 Å². The Kier molecular flexibility index (Phi) is 7.13. The fourth-order valence-corrected chi connectivity index (χ4v) is 6.71. The van der Waals surface area contributed by atoms with E-state index in [1.165, 1.54) is 67.3 Å². The van der Waals surface area contributed by atoms with Crippen molar-refractivity contribution in [2.24, 2.45) is 0 Å². The summed E-state index contributed by atoms with van der Waals surface area (Å²) in [5.41, 5.74) is 1.81. The highest BCUT2D eigenvalue weighted by Crippen LogP contribution is 2.32. The third kappa shape index (κ3) is 4.97. The molecule has 0 spiro atoms. The summed E-state index contributed by atoms with van der Waals surface area (Å²) in [5, 5.41) is 8.52. The molecule has 8 nitrogen and oxygen atoms in total. The lowest BCUT2D eigenvalue weighted by Crippen LogP contribution is -2.48. The van der Waals surface area contributed by atoms with E-state index in [-0.39, 0.29) is 21.2 Å². The lowest BCUT2D eigenvalue weighted by Gasteiger charge is -2.35. The van der Waals surface area contributed by atoms with Crippen molar-refractivity contribution in [3.63, 3.8) is 0 Å². The smallest absolute Gasteiger partial charge is 0.269 e. The molecule has 0 fully saturated rings. The molecule has 0 aliphatic heterocycles. The average Bonchev–Trinajstić information content (AvgIpc) is 2.80. The molecule has 0 amide bonds. The molecular formula is C24H26N2O6S2. The maximum Gasteiger partial charge on any atom is 0.269 e. The van der Waals surface area contributed by atoms with Crippen LogP contribution in [0.4, 0.5) is 11.4 Å². The molecule has 0 radical (unpaired) electrons. The number of hydrogen-bond acceptors (Lipinski definition) is 7. The Balaban J connectivity index is 2.14. The van der Waals surface area contributed by atoms with Crippen LogP contribution >= 0.6 is 0 Å². The number of nitrogens with zero attached hydrogens (tertiary/aromatic N) is 2. The van der Waals surface area contributed by atoms with Crippen LogP contribution in [-0.4, -0.2) is 32.5 Å². The van der Waals surface area contributed by atoms with Gasteiger partial charge in [-0.25, -0.2) is 16.8 Å². The van der Waals surface area contributed by atoms with Gasteiger partial charge in [-0.3, -0.25) is 10.1 Å². The number of rotatable bonds is 8. The highest BCUT2D eigenvalue weighted by atomic mass is 32.2. The maximum atomic E-state index is 13.5. The largest absolute Gasteiger partial charge is 0.338 e. The molecule has 180 valence electrons. The van der Waals surface area contributed by atoms with Gasteiger partial charge in [0.05, 0.1) is 14.7 Å². The van der Waals surface area contributed by atoms with Crippen molar-refractivity contribution in [3.05, 3.63) is 94.0 Å². The number of nitro benzene ring substituents is 1. The van der Waals surface area contributed by atoms with Crippen molar-refractivity contribution in [1.82, 2.24) is 0 Å². The summed E-state index contributed by atoms with van der Waals surface area (Å²) in [6, 6.07) is 17.8. The molecule has 0 N–H and O–H groups in total. The minimum absolute atomic E-state index is 0.0532. The molecule has 0 saturated carbocycles. The zero-order valence-electron chi connectivity index (χ0n) is 19.2. The molecule has 2 atom stereocenters. The first-order valence-electron chi connectivity index (χ1n) is 10.5. The van der Waals surface area contributed by atoms with Crippen LogP contribution in [0, 0.1) is 24.0 Å². The van der Waals surface area contributed by atoms with Crippen molar-refractivity contribution >= 4 is 31.0 Å². The normalized spacial score (nSPS) is 13.8. The first-order valence-corrected chi connectivity index (χ1v) is 13.6. The zero-order valence-corrected chi connectivity index (χ0v) is 20.9. The Bertz CT molecular complexity index is 1300. The number of nitro groups is 1. The van der Waals surface area contributed by atoms with E-state index < -0.39 is 35.3 Å². The zero-order chi connectivity index (χ0) is 25.3. The van der Waals surface area contributed by atoms with E-state index in [0.29, 0.717) is 0 Å². The predicted octanol–water partition coefficient (Wildman–Crippen LogP) is 4.66. The lowest BCUT2D eigenvalue weighted by molar-refractivity contribution is -0.384. The van der Waals surface area contributed by atoms with Gasteiger partial charge in [-0.05, 0) is 64.1 Å². The molecule has 10 heteroatoms.